The highest BCUT2D eigenvalue weighted by atomic mass is 19.1. The molecule has 0 aliphatic heterocycles. The Bertz CT molecular complexity index is 376. The molecule has 1 aliphatic rings. The van der Waals surface area contributed by atoms with Crippen LogP contribution in [-0.2, 0) is 6.54 Å². The van der Waals surface area contributed by atoms with Crippen molar-refractivity contribution in [1.82, 2.24) is 5.32 Å². The van der Waals surface area contributed by atoms with Gasteiger partial charge in [0, 0.05) is 24.8 Å². The molecule has 0 spiro atoms. The van der Waals surface area contributed by atoms with E-state index in [1.54, 1.807) is 6.07 Å². The normalized spacial score (nSPS) is 17.1. The smallest absolute Gasteiger partial charge is 0.127 e. The number of benzene rings is 1. The first-order valence-electron chi connectivity index (χ1n) is 6.30. The van der Waals surface area contributed by atoms with Crippen LogP contribution in [0.1, 0.15) is 30.4 Å². The van der Waals surface area contributed by atoms with E-state index in [1.807, 2.05) is 13.0 Å². The number of hydrogen-bond acceptors (Lipinski definition) is 2. The third-order valence-corrected chi connectivity index (χ3v) is 3.39. The molecule has 0 amide bonds. The van der Waals surface area contributed by atoms with Crippen LogP contribution in [0, 0.1) is 18.7 Å². The fourth-order valence-corrected chi connectivity index (χ4v) is 2.22. The molecule has 1 saturated carbocycles. The summed E-state index contributed by atoms with van der Waals surface area (Å²) in [5.41, 5.74) is 1.79. The number of nitrogens with one attached hydrogen (secondary N) is 1. The number of aryl methyl sites for hydroxylation is 1. The Hall–Kier alpha value is -0.930. The van der Waals surface area contributed by atoms with Crippen LogP contribution in [0.5, 0.6) is 0 Å². The predicted octanol–water partition coefficient (Wildman–Crippen LogP) is 2.38. The van der Waals surface area contributed by atoms with Gasteiger partial charge in [-0.2, -0.15) is 0 Å². The lowest BCUT2D eigenvalue weighted by atomic mass is 10.1. The van der Waals surface area contributed by atoms with Crippen LogP contribution in [0.25, 0.3) is 0 Å². The predicted molar refractivity (Wildman–Crippen MR) is 66.2 cm³/mol. The van der Waals surface area contributed by atoms with Gasteiger partial charge in [-0.15, -0.1) is 0 Å². The molecule has 1 fully saturated rings. The zero-order valence-corrected chi connectivity index (χ0v) is 10.2. The SMILES string of the molecule is Cc1ccc(F)c(CNC(CCO)C2CC2)c1. The monoisotopic (exact) mass is 237 g/mol. The first-order valence-corrected chi connectivity index (χ1v) is 6.30. The third kappa shape index (κ3) is 3.51. The third-order valence-electron chi connectivity index (χ3n) is 3.39. The Kier molecular flexibility index (Phi) is 4.13. The van der Waals surface area contributed by atoms with Crippen LogP contribution in [0.2, 0.25) is 0 Å². The maximum atomic E-state index is 13.5. The van der Waals surface area contributed by atoms with Crippen LogP contribution >= 0.6 is 0 Å². The molecule has 1 aromatic rings. The van der Waals surface area contributed by atoms with Crippen LogP contribution in [0.15, 0.2) is 18.2 Å². The summed E-state index contributed by atoms with van der Waals surface area (Å²) in [7, 11) is 0. The van der Waals surface area contributed by atoms with Crippen LogP contribution in [0.3, 0.4) is 0 Å². The first kappa shape index (κ1) is 12.5. The molecule has 94 valence electrons. The summed E-state index contributed by atoms with van der Waals surface area (Å²) in [5.74, 6) is 0.525. The number of halogens is 1. The van der Waals surface area contributed by atoms with Crippen molar-refractivity contribution in [2.45, 2.75) is 38.8 Å². The molecule has 1 atom stereocenters. The van der Waals surface area contributed by atoms with Gasteiger partial charge in [0.1, 0.15) is 5.82 Å². The van der Waals surface area contributed by atoms with Crippen molar-refractivity contribution < 1.29 is 9.50 Å². The summed E-state index contributed by atoms with van der Waals surface area (Å²) < 4.78 is 13.5. The second-order valence-corrected chi connectivity index (χ2v) is 4.93. The maximum Gasteiger partial charge on any atom is 0.127 e. The number of aliphatic hydroxyl groups excluding tert-OH is 1. The molecule has 1 unspecified atom stereocenters. The van der Waals surface area contributed by atoms with Gasteiger partial charge in [-0.25, -0.2) is 4.39 Å². The highest BCUT2D eigenvalue weighted by Gasteiger charge is 2.30. The molecule has 1 aromatic carbocycles. The number of rotatable bonds is 6. The van der Waals surface area contributed by atoms with Gasteiger partial charge in [-0.3, -0.25) is 0 Å². The summed E-state index contributed by atoms with van der Waals surface area (Å²) in [6.45, 7) is 2.72. The lowest BCUT2D eigenvalue weighted by Crippen LogP contribution is -2.31. The summed E-state index contributed by atoms with van der Waals surface area (Å²) in [6, 6.07) is 5.51. The Labute approximate surface area is 102 Å². The average Bonchev–Trinajstić information content (AvgIpc) is 3.12. The van der Waals surface area contributed by atoms with E-state index in [9.17, 15) is 4.39 Å². The van der Waals surface area contributed by atoms with Crippen LogP contribution in [-0.4, -0.2) is 17.8 Å². The van der Waals surface area contributed by atoms with Gasteiger partial charge in [0.15, 0.2) is 0 Å². The van der Waals surface area contributed by atoms with Gasteiger partial charge in [0.05, 0.1) is 0 Å². The van der Waals surface area contributed by atoms with Crippen molar-refractivity contribution in [2.24, 2.45) is 5.92 Å². The van der Waals surface area contributed by atoms with Gasteiger partial charge >= 0.3 is 0 Å². The van der Waals surface area contributed by atoms with Crippen molar-refractivity contribution in [3.63, 3.8) is 0 Å². The molecule has 1 aliphatic carbocycles. The Balaban J connectivity index is 1.93. The van der Waals surface area contributed by atoms with Gasteiger partial charge in [0.2, 0.25) is 0 Å². The van der Waals surface area contributed by atoms with E-state index in [0.29, 0.717) is 24.1 Å². The minimum absolute atomic E-state index is 0.151. The standard InChI is InChI=1S/C14H20FNO/c1-10-2-5-13(15)12(8-10)9-16-14(6-7-17)11-3-4-11/h2,5,8,11,14,16-17H,3-4,6-7,9H2,1H3. The molecule has 3 heteroatoms. The molecule has 0 heterocycles. The van der Waals surface area contributed by atoms with E-state index in [-0.39, 0.29) is 12.4 Å². The second kappa shape index (κ2) is 5.61. The molecule has 2 N–H and O–H groups in total. The van der Waals surface area contributed by atoms with Gasteiger partial charge in [-0.05, 0) is 38.2 Å². The fourth-order valence-electron chi connectivity index (χ4n) is 2.22. The summed E-state index contributed by atoms with van der Waals surface area (Å²) in [5, 5.41) is 12.4. The summed E-state index contributed by atoms with van der Waals surface area (Å²) >= 11 is 0. The molecule has 0 aromatic heterocycles. The molecule has 17 heavy (non-hydrogen) atoms. The van der Waals surface area contributed by atoms with Crippen molar-refractivity contribution in [1.29, 1.82) is 0 Å². The Morgan fingerprint density at radius 1 is 1.47 bits per heavy atom. The Morgan fingerprint density at radius 3 is 2.88 bits per heavy atom. The molecular formula is C14H20FNO. The lowest BCUT2D eigenvalue weighted by Gasteiger charge is -2.17. The van der Waals surface area contributed by atoms with E-state index in [1.165, 1.54) is 18.9 Å². The quantitative estimate of drug-likeness (QED) is 0.796. The minimum atomic E-state index is -0.151. The van der Waals surface area contributed by atoms with Gasteiger partial charge in [0.25, 0.3) is 0 Å². The molecule has 0 bridgehead atoms. The van der Waals surface area contributed by atoms with E-state index in [0.717, 1.165) is 12.0 Å². The summed E-state index contributed by atoms with van der Waals surface area (Å²) in [4.78, 5) is 0. The lowest BCUT2D eigenvalue weighted by molar-refractivity contribution is 0.255. The Morgan fingerprint density at radius 2 is 2.24 bits per heavy atom. The van der Waals surface area contributed by atoms with Crippen molar-refractivity contribution in [3.8, 4) is 0 Å². The molecule has 0 radical (unpaired) electrons. The van der Waals surface area contributed by atoms with Crippen molar-refractivity contribution in [2.75, 3.05) is 6.61 Å². The number of aliphatic hydroxyl groups is 1. The van der Waals surface area contributed by atoms with E-state index < -0.39 is 0 Å². The van der Waals surface area contributed by atoms with E-state index in [2.05, 4.69) is 5.32 Å². The zero-order valence-electron chi connectivity index (χ0n) is 10.2. The second-order valence-electron chi connectivity index (χ2n) is 4.93. The topological polar surface area (TPSA) is 32.3 Å². The highest BCUT2D eigenvalue weighted by molar-refractivity contribution is 5.24. The largest absolute Gasteiger partial charge is 0.396 e. The maximum absolute atomic E-state index is 13.5. The van der Waals surface area contributed by atoms with Gasteiger partial charge in [-0.1, -0.05) is 17.7 Å². The van der Waals surface area contributed by atoms with Gasteiger partial charge < -0.3 is 10.4 Å². The fraction of sp³-hybridized carbons (Fsp3) is 0.571. The highest BCUT2D eigenvalue weighted by Crippen LogP contribution is 2.34. The zero-order chi connectivity index (χ0) is 12.3. The van der Waals surface area contributed by atoms with E-state index in [4.69, 9.17) is 5.11 Å². The van der Waals surface area contributed by atoms with E-state index >= 15 is 0 Å². The minimum Gasteiger partial charge on any atom is -0.396 e. The molecule has 2 nitrogen and oxygen atoms in total. The summed E-state index contributed by atoms with van der Waals surface area (Å²) in [6.07, 6.45) is 3.22. The molecular weight excluding hydrogens is 217 g/mol. The van der Waals surface area contributed by atoms with Crippen molar-refractivity contribution in [3.05, 3.63) is 35.1 Å². The first-order chi connectivity index (χ1) is 8.20. The van der Waals surface area contributed by atoms with Crippen LogP contribution in [0.4, 0.5) is 4.39 Å². The molecule has 2 rings (SSSR count). The van der Waals surface area contributed by atoms with Crippen molar-refractivity contribution >= 4 is 0 Å². The van der Waals surface area contributed by atoms with Crippen LogP contribution < -0.4 is 5.32 Å². The number of hydrogen-bond donors (Lipinski definition) is 2. The molecule has 0 saturated heterocycles. The average molecular weight is 237 g/mol.